The lowest BCUT2D eigenvalue weighted by molar-refractivity contribution is -0.129. The Kier molecular flexibility index (Phi) is 7.57. The SMILES string of the molecule is CC(C)(C)C(=O)NC(NC(=S)Nc1ccc(-c2ccccc2)cc1)C(Cl)(Cl)Cl. The lowest BCUT2D eigenvalue weighted by atomic mass is 9.95. The Labute approximate surface area is 185 Å². The number of rotatable bonds is 4. The van der Waals surface area contributed by atoms with Crippen molar-refractivity contribution in [1.29, 1.82) is 0 Å². The summed E-state index contributed by atoms with van der Waals surface area (Å²) in [7, 11) is 0. The van der Waals surface area contributed by atoms with Gasteiger partial charge in [-0.2, -0.15) is 0 Å². The maximum Gasteiger partial charge on any atom is 0.228 e. The van der Waals surface area contributed by atoms with Crippen LogP contribution in [0.1, 0.15) is 20.8 Å². The number of amides is 1. The average molecular weight is 459 g/mol. The third-order valence-corrected chi connectivity index (χ3v) is 4.68. The number of carbonyl (C=O) groups excluding carboxylic acids is 1. The predicted molar refractivity (Wildman–Crippen MR) is 123 cm³/mol. The van der Waals surface area contributed by atoms with Gasteiger partial charge in [-0.1, -0.05) is 98.0 Å². The first-order chi connectivity index (χ1) is 13.0. The molecular formula is C20H22Cl3N3OS. The molecule has 2 rings (SSSR count). The van der Waals surface area contributed by atoms with E-state index in [9.17, 15) is 4.79 Å². The third-order valence-electron chi connectivity index (χ3n) is 3.81. The Morgan fingerprint density at radius 1 is 0.893 bits per heavy atom. The maximum absolute atomic E-state index is 12.2. The molecule has 3 N–H and O–H groups in total. The third kappa shape index (κ3) is 6.82. The molecule has 2 aromatic rings. The van der Waals surface area contributed by atoms with Crippen LogP contribution in [0.5, 0.6) is 0 Å². The second-order valence-electron chi connectivity index (χ2n) is 7.24. The normalized spacial score (nSPS) is 12.8. The number of anilines is 1. The lowest BCUT2D eigenvalue weighted by Gasteiger charge is -2.30. The quantitative estimate of drug-likeness (QED) is 0.322. The molecule has 1 atom stereocenters. The van der Waals surface area contributed by atoms with Crippen LogP contribution in [0.2, 0.25) is 0 Å². The molecule has 28 heavy (non-hydrogen) atoms. The predicted octanol–water partition coefficient (Wildman–Crippen LogP) is 5.50. The van der Waals surface area contributed by atoms with E-state index in [0.717, 1.165) is 16.8 Å². The number of benzene rings is 2. The number of halogens is 3. The summed E-state index contributed by atoms with van der Waals surface area (Å²) in [5.74, 6) is -0.272. The summed E-state index contributed by atoms with van der Waals surface area (Å²) in [4.78, 5) is 12.2. The highest BCUT2D eigenvalue weighted by Gasteiger charge is 2.36. The van der Waals surface area contributed by atoms with E-state index in [-0.39, 0.29) is 11.0 Å². The molecule has 2 aromatic carbocycles. The molecule has 0 aliphatic rings. The van der Waals surface area contributed by atoms with Gasteiger partial charge in [0.2, 0.25) is 9.70 Å². The fraction of sp³-hybridized carbons (Fsp3) is 0.300. The van der Waals surface area contributed by atoms with Crippen LogP contribution < -0.4 is 16.0 Å². The van der Waals surface area contributed by atoms with Crippen LogP contribution in [0.3, 0.4) is 0 Å². The molecule has 150 valence electrons. The summed E-state index contributed by atoms with van der Waals surface area (Å²) in [6.45, 7) is 5.30. The molecule has 0 aliphatic heterocycles. The van der Waals surface area contributed by atoms with E-state index in [2.05, 4.69) is 16.0 Å². The summed E-state index contributed by atoms with van der Waals surface area (Å²) in [5.41, 5.74) is 2.33. The first-order valence-electron chi connectivity index (χ1n) is 8.57. The zero-order valence-corrected chi connectivity index (χ0v) is 18.8. The maximum atomic E-state index is 12.2. The van der Waals surface area contributed by atoms with Crippen LogP contribution in [0, 0.1) is 5.41 Å². The Balaban J connectivity index is 2.03. The van der Waals surface area contributed by atoms with Crippen LogP contribution in [0.15, 0.2) is 54.6 Å². The Hall–Kier alpha value is -1.53. The second-order valence-corrected chi connectivity index (χ2v) is 10.0. The number of alkyl halides is 3. The summed E-state index contributed by atoms with van der Waals surface area (Å²) in [6.07, 6.45) is -0.993. The Morgan fingerprint density at radius 3 is 1.93 bits per heavy atom. The average Bonchev–Trinajstić information content (AvgIpc) is 2.61. The fourth-order valence-corrected chi connectivity index (χ4v) is 2.79. The Bertz CT molecular complexity index is 815. The molecule has 0 radical (unpaired) electrons. The summed E-state index contributed by atoms with van der Waals surface area (Å²) >= 11 is 23.3. The van der Waals surface area contributed by atoms with Crippen molar-refractivity contribution >= 4 is 63.7 Å². The highest BCUT2D eigenvalue weighted by Crippen LogP contribution is 2.30. The number of nitrogens with one attached hydrogen (secondary N) is 3. The van der Waals surface area contributed by atoms with Gasteiger partial charge >= 0.3 is 0 Å². The first kappa shape index (κ1) is 22.8. The van der Waals surface area contributed by atoms with Crippen LogP contribution in [-0.4, -0.2) is 21.0 Å². The van der Waals surface area contributed by atoms with Crippen molar-refractivity contribution in [2.45, 2.75) is 30.7 Å². The topological polar surface area (TPSA) is 53.2 Å². The number of hydrogen-bond donors (Lipinski definition) is 3. The smallest absolute Gasteiger partial charge is 0.228 e. The van der Waals surface area contributed by atoms with Crippen molar-refractivity contribution in [2.24, 2.45) is 5.41 Å². The first-order valence-corrected chi connectivity index (χ1v) is 10.1. The molecule has 0 aliphatic carbocycles. The Morgan fingerprint density at radius 2 is 1.43 bits per heavy atom. The van der Waals surface area contributed by atoms with Gasteiger partial charge in [0.05, 0.1) is 0 Å². The highest BCUT2D eigenvalue weighted by molar-refractivity contribution is 7.80. The van der Waals surface area contributed by atoms with Crippen molar-refractivity contribution in [3.05, 3.63) is 54.6 Å². The summed E-state index contributed by atoms with van der Waals surface area (Å²) in [6, 6.07) is 17.8. The zero-order valence-electron chi connectivity index (χ0n) is 15.7. The molecule has 0 heterocycles. The van der Waals surface area contributed by atoms with Gasteiger partial charge in [0.15, 0.2) is 5.11 Å². The molecule has 0 saturated carbocycles. The molecule has 0 aromatic heterocycles. The largest absolute Gasteiger partial charge is 0.339 e. The van der Waals surface area contributed by atoms with Crippen molar-refractivity contribution < 1.29 is 4.79 Å². The molecule has 0 spiro atoms. The molecule has 1 amide bonds. The van der Waals surface area contributed by atoms with E-state index in [4.69, 9.17) is 47.0 Å². The minimum Gasteiger partial charge on any atom is -0.339 e. The molecule has 1 unspecified atom stereocenters. The molecule has 4 nitrogen and oxygen atoms in total. The van der Waals surface area contributed by atoms with Gasteiger partial charge in [0, 0.05) is 11.1 Å². The molecule has 0 fully saturated rings. The van der Waals surface area contributed by atoms with Crippen LogP contribution in [0.25, 0.3) is 11.1 Å². The van der Waals surface area contributed by atoms with Crippen molar-refractivity contribution in [2.75, 3.05) is 5.32 Å². The van der Waals surface area contributed by atoms with Gasteiger partial charge in [-0.15, -0.1) is 0 Å². The fourth-order valence-electron chi connectivity index (χ4n) is 2.22. The van der Waals surface area contributed by atoms with E-state index in [1.54, 1.807) is 20.8 Å². The van der Waals surface area contributed by atoms with Crippen LogP contribution in [-0.2, 0) is 4.79 Å². The van der Waals surface area contributed by atoms with E-state index in [1.807, 2.05) is 54.6 Å². The standard InChI is InChI=1S/C20H22Cl3N3OS/c1-19(2,3)17(27)25-16(20(21,22)23)26-18(28)24-15-11-9-14(10-12-15)13-7-5-4-6-8-13/h4-12,16H,1-3H3,(H,25,27)(H2,24,26,28). The number of thiocarbonyl (C=S) groups is 1. The van der Waals surface area contributed by atoms with Gasteiger partial charge in [-0.3, -0.25) is 4.79 Å². The van der Waals surface area contributed by atoms with Crippen molar-refractivity contribution in [3.63, 3.8) is 0 Å². The van der Waals surface area contributed by atoms with E-state index >= 15 is 0 Å². The van der Waals surface area contributed by atoms with Crippen LogP contribution >= 0.6 is 47.0 Å². The van der Waals surface area contributed by atoms with E-state index in [1.165, 1.54) is 0 Å². The molecule has 0 saturated heterocycles. The van der Waals surface area contributed by atoms with Gasteiger partial charge in [-0.05, 0) is 35.5 Å². The highest BCUT2D eigenvalue weighted by atomic mass is 35.6. The minimum atomic E-state index is -1.79. The zero-order chi connectivity index (χ0) is 20.9. The van der Waals surface area contributed by atoms with E-state index in [0.29, 0.717) is 0 Å². The van der Waals surface area contributed by atoms with Crippen molar-refractivity contribution in [3.8, 4) is 11.1 Å². The second kappa shape index (κ2) is 9.31. The number of carbonyl (C=O) groups is 1. The molecule has 0 bridgehead atoms. The van der Waals surface area contributed by atoms with E-state index < -0.39 is 15.4 Å². The van der Waals surface area contributed by atoms with Crippen LogP contribution in [0.4, 0.5) is 5.69 Å². The van der Waals surface area contributed by atoms with Gasteiger partial charge < -0.3 is 16.0 Å². The summed E-state index contributed by atoms with van der Waals surface area (Å²) in [5, 5.41) is 8.77. The van der Waals surface area contributed by atoms with Gasteiger partial charge in [0.1, 0.15) is 6.17 Å². The van der Waals surface area contributed by atoms with Gasteiger partial charge in [-0.25, -0.2) is 0 Å². The summed E-state index contributed by atoms with van der Waals surface area (Å²) < 4.78 is -1.79. The number of hydrogen-bond acceptors (Lipinski definition) is 2. The molecular weight excluding hydrogens is 437 g/mol. The monoisotopic (exact) mass is 457 g/mol. The van der Waals surface area contributed by atoms with Crippen molar-refractivity contribution in [1.82, 2.24) is 10.6 Å². The minimum absolute atomic E-state index is 0.220. The lowest BCUT2D eigenvalue weighted by Crippen LogP contribution is -2.58. The van der Waals surface area contributed by atoms with Gasteiger partial charge in [0.25, 0.3) is 0 Å². The molecule has 8 heteroatoms.